The Morgan fingerprint density at radius 3 is 2.33 bits per heavy atom. The molecule has 2 aliphatic rings. The number of ketones is 1. The molecule has 14 heteroatoms. The number of aryl methyl sites for hydroxylation is 1. The number of hydrogen-bond acceptors (Lipinski definition) is 9. The molecule has 0 fully saturated rings. The Bertz CT molecular complexity index is 2650. The van der Waals surface area contributed by atoms with E-state index in [1.54, 1.807) is 36.5 Å². The van der Waals surface area contributed by atoms with Crippen molar-refractivity contribution >= 4 is 40.9 Å². The van der Waals surface area contributed by atoms with Crippen molar-refractivity contribution in [3.05, 3.63) is 176 Å². The first-order valence-corrected chi connectivity index (χ1v) is 21.6. The van der Waals surface area contributed by atoms with Crippen LogP contribution in [0.25, 0.3) is 0 Å². The molecule has 0 unspecified atom stereocenters. The molecular formula is C50H46Cl2N4O8. The van der Waals surface area contributed by atoms with Crippen LogP contribution in [0.5, 0.6) is 28.7 Å². The Morgan fingerprint density at radius 2 is 1.58 bits per heavy atom. The Kier molecular flexibility index (Phi) is 13.6. The van der Waals surface area contributed by atoms with Gasteiger partial charge in [0.05, 0.1) is 16.1 Å². The molecule has 0 aliphatic carbocycles. The standard InChI is InChI=1S/C50H46Cl2N4O8/c1-30-31(2)53-19-18-45(30)63-39-13-8-32(9-14-39)21-42(44(58)27-57)55-49(59)43-22-36-23-46-47(24-37(36)26-56(43)50(60)54-25-33-6-4-3-5-7-33)64-48(29-62-46)35-11-15-38(16-12-35)61-28-34-10-17-40(51)41(52)20-34/h3-20,23-24,42-43,48,57H,21-22,25-29H2,1-2H3,(H,54,60)(H,55,59)/t42-,43-,48+/m0/s1. The monoisotopic (exact) mass is 900 g/mol. The molecule has 0 bridgehead atoms. The van der Waals surface area contributed by atoms with Crippen molar-refractivity contribution in [2.75, 3.05) is 13.2 Å². The van der Waals surface area contributed by atoms with Crippen molar-refractivity contribution in [3.63, 3.8) is 0 Å². The fourth-order valence-electron chi connectivity index (χ4n) is 7.62. The first-order valence-electron chi connectivity index (χ1n) is 20.8. The summed E-state index contributed by atoms with van der Waals surface area (Å²) < 4.78 is 24.8. The third-order valence-corrected chi connectivity index (χ3v) is 12.1. The summed E-state index contributed by atoms with van der Waals surface area (Å²) >= 11 is 12.2. The average Bonchev–Trinajstić information content (AvgIpc) is 3.31. The number of hydrogen-bond donors (Lipinski definition) is 3. The number of rotatable bonds is 14. The summed E-state index contributed by atoms with van der Waals surface area (Å²) in [6.45, 7) is 3.96. The number of fused-ring (bicyclic) bond motifs is 2. The number of Topliss-reactive ketones (excluding diaryl/α,β-unsaturated/α-hetero) is 1. The number of ether oxygens (including phenoxy) is 4. The second kappa shape index (κ2) is 19.8. The van der Waals surface area contributed by atoms with E-state index in [1.165, 1.54) is 4.90 Å². The summed E-state index contributed by atoms with van der Waals surface area (Å²) in [6.07, 6.45) is 1.52. The van der Waals surface area contributed by atoms with Gasteiger partial charge in [0.15, 0.2) is 23.4 Å². The molecule has 3 amide bonds. The summed E-state index contributed by atoms with van der Waals surface area (Å²) in [4.78, 5) is 47.3. The first-order chi connectivity index (χ1) is 31.0. The maximum atomic E-state index is 14.3. The molecule has 64 heavy (non-hydrogen) atoms. The number of aromatic nitrogens is 1. The Hall–Kier alpha value is -6.60. The smallest absolute Gasteiger partial charge is 0.318 e. The number of halogens is 2. The largest absolute Gasteiger partial charge is 0.489 e. The summed E-state index contributed by atoms with van der Waals surface area (Å²) in [5.41, 5.74) is 6.78. The molecule has 1 aromatic heterocycles. The number of nitrogens with one attached hydrogen (secondary N) is 2. The number of benzene rings is 5. The molecule has 12 nitrogen and oxygen atoms in total. The lowest BCUT2D eigenvalue weighted by molar-refractivity contribution is -0.131. The number of pyridine rings is 1. The SMILES string of the molecule is Cc1nccc(Oc2ccc(C[C@H](NC(=O)[C@@H]3Cc4cc5c(cc4CN3C(=O)NCc3ccccc3)O[C@@H](c3ccc(OCc4ccc(Cl)c(Cl)c4)cc3)CO5)C(=O)CO)cc2)c1C. The number of carbonyl (C=O) groups excluding carboxylic acids is 3. The van der Waals surface area contributed by atoms with Crippen LogP contribution in [0.3, 0.4) is 0 Å². The zero-order valence-corrected chi connectivity index (χ0v) is 36.7. The van der Waals surface area contributed by atoms with Crippen molar-refractivity contribution < 1.29 is 38.4 Å². The number of carbonyl (C=O) groups is 3. The van der Waals surface area contributed by atoms with Crippen LogP contribution in [0.4, 0.5) is 4.79 Å². The Balaban J connectivity index is 0.971. The molecule has 0 saturated carbocycles. The molecular weight excluding hydrogens is 855 g/mol. The van der Waals surface area contributed by atoms with E-state index in [2.05, 4.69) is 15.6 Å². The highest BCUT2D eigenvalue weighted by molar-refractivity contribution is 6.42. The van der Waals surface area contributed by atoms with E-state index in [-0.39, 0.29) is 32.5 Å². The minimum Gasteiger partial charge on any atom is -0.489 e. The third kappa shape index (κ3) is 10.4. The van der Waals surface area contributed by atoms with Crippen LogP contribution in [0, 0.1) is 13.8 Å². The molecule has 5 aromatic carbocycles. The van der Waals surface area contributed by atoms with Gasteiger partial charge in [-0.1, -0.05) is 83.9 Å². The molecule has 3 atom stereocenters. The third-order valence-electron chi connectivity index (χ3n) is 11.4. The van der Waals surface area contributed by atoms with Crippen molar-refractivity contribution in [3.8, 4) is 28.7 Å². The van der Waals surface area contributed by atoms with Gasteiger partial charge in [-0.25, -0.2) is 4.79 Å². The lowest BCUT2D eigenvalue weighted by Crippen LogP contribution is -2.57. The Labute approximate surface area is 381 Å². The molecule has 3 N–H and O–H groups in total. The van der Waals surface area contributed by atoms with E-state index in [1.807, 2.05) is 98.8 Å². The highest BCUT2D eigenvalue weighted by Crippen LogP contribution is 2.41. The molecule has 3 heterocycles. The molecule has 0 saturated heterocycles. The fraction of sp³-hybridized carbons (Fsp3) is 0.240. The summed E-state index contributed by atoms with van der Waals surface area (Å²) in [5.74, 6) is 1.88. The second-order valence-corrected chi connectivity index (χ2v) is 16.6. The van der Waals surface area contributed by atoms with Gasteiger partial charge >= 0.3 is 6.03 Å². The van der Waals surface area contributed by atoms with Crippen LogP contribution in [-0.4, -0.2) is 58.0 Å². The highest BCUT2D eigenvalue weighted by atomic mass is 35.5. The quantitative estimate of drug-likeness (QED) is 0.0976. The van der Waals surface area contributed by atoms with Crippen molar-refractivity contribution in [2.45, 2.75) is 64.6 Å². The second-order valence-electron chi connectivity index (χ2n) is 15.7. The van der Waals surface area contributed by atoms with Gasteiger partial charge < -0.3 is 39.6 Å². The van der Waals surface area contributed by atoms with Crippen LogP contribution in [0.15, 0.2) is 121 Å². The van der Waals surface area contributed by atoms with Gasteiger partial charge in [0, 0.05) is 37.0 Å². The number of aliphatic hydroxyl groups excluding tert-OH is 1. The molecule has 0 spiro atoms. The van der Waals surface area contributed by atoms with E-state index >= 15 is 0 Å². The van der Waals surface area contributed by atoms with Gasteiger partial charge in [0.1, 0.15) is 43.1 Å². The van der Waals surface area contributed by atoms with Gasteiger partial charge in [-0.3, -0.25) is 14.6 Å². The predicted molar refractivity (Wildman–Crippen MR) is 242 cm³/mol. The zero-order valence-electron chi connectivity index (χ0n) is 35.2. The lowest BCUT2D eigenvalue weighted by atomic mass is 9.92. The molecule has 6 aromatic rings. The normalized spacial score (nSPS) is 15.7. The van der Waals surface area contributed by atoms with Crippen LogP contribution in [-0.2, 0) is 42.1 Å². The van der Waals surface area contributed by atoms with Crippen LogP contribution in [0.1, 0.15) is 50.7 Å². The van der Waals surface area contributed by atoms with E-state index < -0.39 is 42.5 Å². The first kappa shape index (κ1) is 44.0. The van der Waals surface area contributed by atoms with Crippen molar-refractivity contribution in [2.24, 2.45) is 0 Å². The van der Waals surface area contributed by atoms with Gasteiger partial charge in [0.25, 0.3) is 0 Å². The van der Waals surface area contributed by atoms with E-state index in [9.17, 15) is 19.5 Å². The lowest BCUT2D eigenvalue weighted by Gasteiger charge is -2.37. The van der Waals surface area contributed by atoms with Gasteiger partial charge in [0.2, 0.25) is 5.91 Å². The summed E-state index contributed by atoms with van der Waals surface area (Å²) in [6, 6.07) is 32.6. The number of aliphatic hydroxyl groups is 1. The number of amides is 3. The zero-order chi connectivity index (χ0) is 44.7. The minimum atomic E-state index is -1.06. The van der Waals surface area contributed by atoms with Crippen LogP contribution < -0.4 is 29.6 Å². The van der Waals surface area contributed by atoms with E-state index in [4.69, 9.17) is 42.1 Å². The predicted octanol–water partition coefficient (Wildman–Crippen LogP) is 8.81. The van der Waals surface area contributed by atoms with Crippen LogP contribution >= 0.6 is 23.2 Å². The maximum Gasteiger partial charge on any atom is 0.318 e. The summed E-state index contributed by atoms with van der Waals surface area (Å²) in [7, 11) is 0. The van der Waals surface area contributed by atoms with Gasteiger partial charge in [-0.2, -0.15) is 0 Å². The van der Waals surface area contributed by atoms with Crippen LogP contribution in [0.2, 0.25) is 10.0 Å². The summed E-state index contributed by atoms with van der Waals surface area (Å²) in [5, 5.41) is 16.7. The Morgan fingerprint density at radius 1 is 0.844 bits per heavy atom. The molecule has 8 rings (SSSR count). The fourth-order valence-corrected chi connectivity index (χ4v) is 7.94. The maximum absolute atomic E-state index is 14.3. The topological polar surface area (TPSA) is 149 Å². The van der Waals surface area contributed by atoms with Crippen molar-refractivity contribution in [1.82, 2.24) is 20.5 Å². The van der Waals surface area contributed by atoms with E-state index in [0.717, 1.165) is 44.6 Å². The highest BCUT2D eigenvalue weighted by Gasteiger charge is 2.38. The average molecular weight is 902 g/mol. The van der Waals surface area contributed by atoms with E-state index in [0.29, 0.717) is 45.4 Å². The van der Waals surface area contributed by atoms with Gasteiger partial charge in [-0.15, -0.1) is 0 Å². The van der Waals surface area contributed by atoms with Crippen molar-refractivity contribution in [1.29, 1.82) is 0 Å². The molecule has 2 aliphatic heterocycles. The number of urea groups is 1. The number of nitrogens with zero attached hydrogens (tertiary/aromatic N) is 2. The molecule has 0 radical (unpaired) electrons. The molecule has 328 valence electrons. The minimum absolute atomic E-state index is 0.0801. The van der Waals surface area contributed by atoms with Gasteiger partial charge in [-0.05, 0) is 108 Å².